The van der Waals surface area contributed by atoms with E-state index < -0.39 is 0 Å². The van der Waals surface area contributed by atoms with Crippen molar-refractivity contribution >= 4 is 0 Å². The van der Waals surface area contributed by atoms with Crippen molar-refractivity contribution in [3.63, 3.8) is 0 Å². The van der Waals surface area contributed by atoms with E-state index >= 15 is 0 Å². The van der Waals surface area contributed by atoms with Gasteiger partial charge >= 0.3 is 0 Å². The Morgan fingerprint density at radius 1 is 1.33 bits per heavy atom. The minimum absolute atomic E-state index is 0.242. The zero-order valence-corrected chi connectivity index (χ0v) is 11.0. The van der Waals surface area contributed by atoms with E-state index in [1.807, 2.05) is 12.1 Å². The van der Waals surface area contributed by atoms with Crippen LogP contribution in [0.1, 0.15) is 19.4 Å². The van der Waals surface area contributed by atoms with Crippen molar-refractivity contribution in [2.45, 2.75) is 20.4 Å². The maximum atomic E-state index is 5.36. The molecule has 0 radical (unpaired) electrons. The molecule has 0 bridgehead atoms. The average Bonchev–Trinajstić information content (AvgIpc) is 2.81. The second-order valence-electron chi connectivity index (χ2n) is 4.56. The molecule has 0 fully saturated rings. The fourth-order valence-corrected chi connectivity index (χ4v) is 1.65. The van der Waals surface area contributed by atoms with Crippen LogP contribution in [0.4, 0.5) is 0 Å². The summed E-state index contributed by atoms with van der Waals surface area (Å²) >= 11 is 0. The predicted octanol–water partition coefficient (Wildman–Crippen LogP) is 2.10. The summed E-state index contributed by atoms with van der Waals surface area (Å²) in [6.45, 7) is 5.73. The number of ether oxygens (including phenoxy) is 3. The molecular formula is C13H19NO4. The molecular weight excluding hydrogens is 234 g/mol. The zero-order chi connectivity index (χ0) is 13.0. The number of fused-ring (bicyclic) bond motifs is 1. The van der Waals surface area contributed by atoms with Gasteiger partial charge in [0.2, 0.25) is 12.5 Å². The first-order valence-electron chi connectivity index (χ1n) is 6.02. The van der Waals surface area contributed by atoms with Crippen LogP contribution < -0.4 is 19.7 Å². The molecule has 1 heterocycles. The van der Waals surface area contributed by atoms with Gasteiger partial charge < -0.3 is 19.0 Å². The predicted molar refractivity (Wildman–Crippen MR) is 66.7 cm³/mol. The van der Waals surface area contributed by atoms with E-state index in [9.17, 15) is 0 Å². The SMILES string of the molecule is COc1cc(CNOCC(C)C)cc2c1OCO2. The third-order valence-corrected chi connectivity index (χ3v) is 2.51. The van der Waals surface area contributed by atoms with Gasteiger partial charge in [0, 0.05) is 6.54 Å². The molecule has 2 rings (SSSR count). The van der Waals surface area contributed by atoms with Crippen LogP contribution in [0.3, 0.4) is 0 Å². The summed E-state index contributed by atoms with van der Waals surface area (Å²) in [4.78, 5) is 5.33. The summed E-state index contributed by atoms with van der Waals surface area (Å²) in [5, 5.41) is 0. The summed E-state index contributed by atoms with van der Waals surface area (Å²) in [5.41, 5.74) is 3.95. The number of methoxy groups -OCH3 is 1. The van der Waals surface area contributed by atoms with E-state index in [1.54, 1.807) is 7.11 Å². The summed E-state index contributed by atoms with van der Waals surface area (Å²) in [6.07, 6.45) is 0. The summed E-state index contributed by atoms with van der Waals surface area (Å²) in [7, 11) is 1.61. The second kappa shape index (κ2) is 5.93. The van der Waals surface area contributed by atoms with Gasteiger partial charge in [-0.2, -0.15) is 5.48 Å². The smallest absolute Gasteiger partial charge is 0.231 e. The summed E-state index contributed by atoms with van der Waals surface area (Å²) in [5.74, 6) is 2.58. The Morgan fingerprint density at radius 2 is 2.17 bits per heavy atom. The molecule has 0 saturated carbocycles. The van der Waals surface area contributed by atoms with Gasteiger partial charge in [-0.05, 0) is 23.6 Å². The maximum Gasteiger partial charge on any atom is 0.231 e. The molecule has 1 aliphatic rings. The van der Waals surface area contributed by atoms with E-state index in [2.05, 4.69) is 19.3 Å². The normalized spacial score (nSPS) is 13.1. The van der Waals surface area contributed by atoms with E-state index in [0.717, 1.165) is 11.3 Å². The summed E-state index contributed by atoms with van der Waals surface area (Å²) < 4.78 is 16.0. The Bertz CT molecular complexity index is 406. The fourth-order valence-electron chi connectivity index (χ4n) is 1.65. The molecule has 0 aromatic heterocycles. The highest BCUT2D eigenvalue weighted by Crippen LogP contribution is 2.41. The highest BCUT2D eigenvalue weighted by molar-refractivity contribution is 5.55. The average molecular weight is 253 g/mol. The topological polar surface area (TPSA) is 49.0 Å². The van der Waals surface area contributed by atoms with Crippen LogP contribution in [0.15, 0.2) is 12.1 Å². The molecule has 0 saturated heterocycles. The molecule has 5 heteroatoms. The maximum absolute atomic E-state index is 5.36. The van der Waals surface area contributed by atoms with Gasteiger partial charge in [0.1, 0.15) is 0 Å². The molecule has 0 atom stereocenters. The van der Waals surface area contributed by atoms with E-state index in [-0.39, 0.29) is 6.79 Å². The van der Waals surface area contributed by atoms with Crippen LogP contribution in [0.2, 0.25) is 0 Å². The van der Waals surface area contributed by atoms with Crippen molar-refractivity contribution < 1.29 is 19.0 Å². The molecule has 0 aliphatic carbocycles. The minimum Gasteiger partial charge on any atom is -0.493 e. The molecule has 0 amide bonds. The van der Waals surface area contributed by atoms with E-state index in [4.69, 9.17) is 19.0 Å². The number of hydrogen-bond donors (Lipinski definition) is 1. The Labute approximate surface area is 107 Å². The largest absolute Gasteiger partial charge is 0.493 e. The number of hydrogen-bond acceptors (Lipinski definition) is 5. The second-order valence-corrected chi connectivity index (χ2v) is 4.56. The molecule has 100 valence electrons. The van der Waals surface area contributed by atoms with Gasteiger partial charge in [-0.15, -0.1) is 0 Å². The third kappa shape index (κ3) is 3.05. The van der Waals surface area contributed by atoms with Crippen molar-refractivity contribution in [2.75, 3.05) is 20.5 Å². The van der Waals surface area contributed by atoms with Gasteiger partial charge in [-0.3, -0.25) is 0 Å². The third-order valence-electron chi connectivity index (χ3n) is 2.51. The van der Waals surface area contributed by atoms with Crippen LogP contribution in [-0.2, 0) is 11.4 Å². The zero-order valence-electron chi connectivity index (χ0n) is 11.0. The highest BCUT2D eigenvalue weighted by atomic mass is 16.7. The lowest BCUT2D eigenvalue weighted by Gasteiger charge is -2.10. The number of nitrogens with one attached hydrogen (secondary N) is 1. The lowest BCUT2D eigenvalue weighted by molar-refractivity contribution is 0.0196. The first-order chi connectivity index (χ1) is 8.70. The Hall–Kier alpha value is -1.46. The quantitative estimate of drug-likeness (QED) is 0.621. The molecule has 1 N–H and O–H groups in total. The Kier molecular flexibility index (Phi) is 4.28. The highest BCUT2D eigenvalue weighted by Gasteiger charge is 2.19. The van der Waals surface area contributed by atoms with Crippen molar-refractivity contribution in [1.29, 1.82) is 0 Å². The van der Waals surface area contributed by atoms with Crippen molar-refractivity contribution in [2.24, 2.45) is 5.92 Å². The van der Waals surface area contributed by atoms with Gasteiger partial charge in [-0.25, -0.2) is 0 Å². The Morgan fingerprint density at radius 3 is 2.89 bits per heavy atom. The Balaban J connectivity index is 1.97. The van der Waals surface area contributed by atoms with Gasteiger partial charge in [0.25, 0.3) is 0 Å². The van der Waals surface area contributed by atoms with Crippen molar-refractivity contribution in [3.05, 3.63) is 17.7 Å². The van der Waals surface area contributed by atoms with Gasteiger partial charge in [0.05, 0.1) is 13.7 Å². The van der Waals surface area contributed by atoms with E-state index in [0.29, 0.717) is 30.6 Å². The lowest BCUT2D eigenvalue weighted by atomic mass is 10.2. The molecule has 1 aliphatic heterocycles. The van der Waals surface area contributed by atoms with Crippen LogP contribution >= 0.6 is 0 Å². The first kappa shape index (κ1) is 13.0. The number of benzene rings is 1. The molecule has 1 aromatic carbocycles. The van der Waals surface area contributed by atoms with Crippen molar-refractivity contribution in [1.82, 2.24) is 5.48 Å². The van der Waals surface area contributed by atoms with Gasteiger partial charge in [-0.1, -0.05) is 13.8 Å². The number of hydroxylamine groups is 1. The van der Waals surface area contributed by atoms with Crippen LogP contribution in [0, 0.1) is 5.92 Å². The number of rotatable bonds is 6. The minimum atomic E-state index is 0.242. The molecule has 1 aromatic rings. The van der Waals surface area contributed by atoms with Crippen molar-refractivity contribution in [3.8, 4) is 17.2 Å². The van der Waals surface area contributed by atoms with E-state index in [1.165, 1.54) is 0 Å². The van der Waals surface area contributed by atoms with Crippen LogP contribution in [0.25, 0.3) is 0 Å². The van der Waals surface area contributed by atoms with Crippen LogP contribution in [-0.4, -0.2) is 20.5 Å². The standard InChI is InChI=1S/C13H19NO4/c1-9(2)7-18-14-6-10-4-11(15-3)13-12(5-10)16-8-17-13/h4-5,9,14H,6-8H2,1-3H3. The van der Waals surface area contributed by atoms with Gasteiger partial charge in [0.15, 0.2) is 11.5 Å². The molecule has 18 heavy (non-hydrogen) atoms. The fraction of sp³-hybridized carbons (Fsp3) is 0.538. The van der Waals surface area contributed by atoms with Crippen LogP contribution in [0.5, 0.6) is 17.2 Å². The summed E-state index contributed by atoms with van der Waals surface area (Å²) in [6, 6.07) is 3.84. The lowest BCUT2D eigenvalue weighted by Crippen LogP contribution is -2.17. The monoisotopic (exact) mass is 253 g/mol. The molecule has 0 spiro atoms. The molecule has 0 unspecified atom stereocenters. The first-order valence-corrected chi connectivity index (χ1v) is 6.02. The molecule has 5 nitrogen and oxygen atoms in total.